The molecule has 1 heterocycles. The number of para-hydroxylation sites is 1. The fourth-order valence-electron chi connectivity index (χ4n) is 2.84. The monoisotopic (exact) mass is 355 g/mol. The number of fused-ring (bicyclic) bond motifs is 1. The van der Waals surface area contributed by atoms with Gasteiger partial charge in [-0.2, -0.15) is 13.1 Å². The Morgan fingerprint density at radius 3 is 2.12 bits per heavy atom. The molecule has 25 heavy (non-hydrogen) atoms. The van der Waals surface area contributed by atoms with E-state index in [1.807, 2.05) is 42.5 Å². The van der Waals surface area contributed by atoms with Crippen LogP contribution in [-0.4, -0.2) is 8.42 Å². The lowest BCUT2D eigenvalue weighted by Gasteiger charge is -2.20. The van der Waals surface area contributed by atoms with Gasteiger partial charge >= 0.3 is 10.3 Å². The average molecular weight is 355 g/mol. The van der Waals surface area contributed by atoms with E-state index in [-0.39, 0.29) is 12.4 Å². The second-order valence-corrected chi connectivity index (χ2v) is 7.10. The van der Waals surface area contributed by atoms with Crippen molar-refractivity contribution in [1.29, 1.82) is 0 Å². The molecule has 126 valence electrons. The Bertz CT molecular complexity index is 1030. The van der Waals surface area contributed by atoms with Crippen molar-refractivity contribution in [2.24, 2.45) is 0 Å². The van der Waals surface area contributed by atoms with Gasteiger partial charge in [0.05, 0.1) is 0 Å². The Balaban J connectivity index is 1.73. The van der Waals surface area contributed by atoms with Crippen molar-refractivity contribution in [3.05, 3.63) is 78.1 Å². The van der Waals surface area contributed by atoms with Gasteiger partial charge in [0.1, 0.15) is 5.82 Å². The maximum atomic E-state index is 13.0. The summed E-state index contributed by atoms with van der Waals surface area (Å²) in [4.78, 5) is 0. The Hall–Kier alpha value is -2.70. The molecule has 0 aromatic heterocycles. The molecule has 1 N–H and O–H groups in total. The van der Waals surface area contributed by atoms with E-state index in [2.05, 4.69) is 4.72 Å². The molecule has 0 unspecified atom stereocenters. The molecule has 0 saturated heterocycles. The molecular formula is C19H14FNO3S. The molecular weight excluding hydrogens is 341 g/mol. The minimum absolute atomic E-state index is 0.208. The second kappa shape index (κ2) is 5.98. The molecule has 0 saturated carbocycles. The molecule has 1 aliphatic rings. The first-order chi connectivity index (χ1) is 12.0. The van der Waals surface area contributed by atoms with E-state index in [4.69, 9.17) is 4.18 Å². The van der Waals surface area contributed by atoms with Crippen LogP contribution < -0.4 is 8.91 Å². The van der Waals surface area contributed by atoms with E-state index in [1.54, 1.807) is 12.1 Å². The van der Waals surface area contributed by atoms with Crippen molar-refractivity contribution in [2.75, 3.05) is 0 Å². The molecule has 0 aliphatic carbocycles. The maximum Gasteiger partial charge on any atom is 0.382 e. The molecule has 0 radical (unpaired) electrons. The largest absolute Gasteiger partial charge is 0.382 e. The van der Waals surface area contributed by atoms with Crippen molar-refractivity contribution >= 4 is 10.3 Å². The predicted molar refractivity (Wildman–Crippen MR) is 93.7 cm³/mol. The molecule has 1 aliphatic heterocycles. The highest BCUT2D eigenvalue weighted by Gasteiger charge is 2.24. The van der Waals surface area contributed by atoms with Gasteiger partial charge in [-0.1, -0.05) is 54.6 Å². The van der Waals surface area contributed by atoms with E-state index in [9.17, 15) is 12.8 Å². The summed E-state index contributed by atoms with van der Waals surface area (Å²) in [6.07, 6.45) is 0. The third-order valence-electron chi connectivity index (χ3n) is 4.10. The van der Waals surface area contributed by atoms with Gasteiger partial charge in [-0.15, -0.1) is 0 Å². The van der Waals surface area contributed by atoms with Crippen LogP contribution in [0.5, 0.6) is 5.75 Å². The minimum Gasteiger partial charge on any atom is -0.370 e. The van der Waals surface area contributed by atoms with Gasteiger partial charge in [-0.05, 0) is 28.8 Å². The Kier molecular flexibility index (Phi) is 3.78. The molecule has 0 atom stereocenters. The van der Waals surface area contributed by atoms with Crippen molar-refractivity contribution in [1.82, 2.24) is 4.72 Å². The number of hydrogen-bond acceptors (Lipinski definition) is 3. The Labute approximate surface area is 145 Å². The molecule has 3 aromatic carbocycles. The lowest BCUT2D eigenvalue weighted by atomic mass is 9.98. The molecule has 4 rings (SSSR count). The van der Waals surface area contributed by atoms with Crippen LogP contribution in [0.25, 0.3) is 22.3 Å². The summed E-state index contributed by atoms with van der Waals surface area (Å²) in [5, 5.41) is 0. The quantitative estimate of drug-likeness (QED) is 0.759. The van der Waals surface area contributed by atoms with Crippen molar-refractivity contribution in [3.8, 4) is 28.0 Å². The highest BCUT2D eigenvalue weighted by atomic mass is 32.2. The van der Waals surface area contributed by atoms with Crippen LogP contribution in [0.2, 0.25) is 0 Å². The summed E-state index contributed by atoms with van der Waals surface area (Å²) >= 11 is 0. The van der Waals surface area contributed by atoms with Gasteiger partial charge < -0.3 is 4.18 Å². The van der Waals surface area contributed by atoms with Gasteiger partial charge in [0.15, 0.2) is 5.75 Å². The van der Waals surface area contributed by atoms with Crippen LogP contribution in [0.15, 0.2) is 66.7 Å². The first-order valence-corrected chi connectivity index (χ1v) is 9.10. The normalized spacial score (nSPS) is 15.2. The Morgan fingerprint density at radius 1 is 0.840 bits per heavy atom. The fraction of sp³-hybridized carbons (Fsp3) is 0.0526. The minimum atomic E-state index is -3.77. The van der Waals surface area contributed by atoms with Gasteiger partial charge in [0.2, 0.25) is 0 Å². The third-order valence-corrected chi connectivity index (χ3v) is 4.99. The van der Waals surface area contributed by atoms with E-state index < -0.39 is 10.3 Å². The van der Waals surface area contributed by atoms with Crippen molar-refractivity contribution in [3.63, 3.8) is 0 Å². The number of benzene rings is 3. The van der Waals surface area contributed by atoms with E-state index in [0.29, 0.717) is 11.3 Å². The summed E-state index contributed by atoms with van der Waals surface area (Å²) < 4.78 is 43.9. The van der Waals surface area contributed by atoms with Crippen LogP contribution in [-0.2, 0) is 16.8 Å². The van der Waals surface area contributed by atoms with Gasteiger partial charge in [-0.25, -0.2) is 4.39 Å². The standard InChI is InChI=1S/C19H14FNO3S/c20-17-10-8-14(9-11-17)13-4-6-15(7-5-13)18-3-1-2-16-12-21-25(22,23)24-19(16)18/h1-11,21H,12H2. The van der Waals surface area contributed by atoms with Gasteiger partial charge in [0.25, 0.3) is 0 Å². The highest BCUT2D eigenvalue weighted by molar-refractivity contribution is 7.85. The van der Waals surface area contributed by atoms with Gasteiger partial charge in [0, 0.05) is 17.7 Å². The molecule has 3 aromatic rings. The Morgan fingerprint density at radius 2 is 1.44 bits per heavy atom. The van der Waals surface area contributed by atoms with Crippen molar-refractivity contribution < 1.29 is 17.0 Å². The first-order valence-electron chi connectivity index (χ1n) is 7.69. The fourth-order valence-corrected chi connectivity index (χ4v) is 3.65. The maximum absolute atomic E-state index is 13.0. The van der Waals surface area contributed by atoms with Crippen LogP contribution in [0.3, 0.4) is 0 Å². The van der Waals surface area contributed by atoms with E-state index >= 15 is 0 Å². The topological polar surface area (TPSA) is 55.4 Å². The zero-order valence-corrected chi connectivity index (χ0v) is 13.9. The zero-order valence-electron chi connectivity index (χ0n) is 13.1. The summed E-state index contributed by atoms with van der Waals surface area (Å²) in [6, 6.07) is 19.4. The SMILES string of the molecule is O=S1(=O)NCc2cccc(-c3ccc(-c4ccc(F)cc4)cc3)c2O1. The predicted octanol–water partition coefficient (Wildman–Crippen LogP) is 3.89. The second-order valence-electron chi connectivity index (χ2n) is 5.74. The third kappa shape index (κ3) is 3.14. The smallest absolute Gasteiger partial charge is 0.370 e. The van der Waals surface area contributed by atoms with E-state index in [0.717, 1.165) is 22.3 Å². The van der Waals surface area contributed by atoms with Crippen LogP contribution in [0.4, 0.5) is 4.39 Å². The first kappa shape index (κ1) is 15.8. The van der Waals surface area contributed by atoms with E-state index in [1.165, 1.54) is 12.1 Å². The average Bonchev–Trinajstić information content (AvgIpc) is 2.61. The number of hydrogen-bond donors (Lipinski definition) is 1. The lowest BCUT2D eigenvalue weighted by molar-refractivity contribution is 0.454. The highest BCUT2D eigenvalue weighted by Crippen LogP contribution is 2.36. The van der Waals surface area contributed by atoms with Crippen LogP contribution >= 0.6 is 0 Å². The molecule has 4 nitrogen and oxygen atoms in total. The van der Waals surface area contributed by atoms with Crippen LogP contribution in [0, 0.1) is 5.82 Å². The van der Waals surface area contributed by atoms with Gasteiger partial charge in [-0.3, -0.25) is 0 Å². The number of halogens is 1. The molecule has 0 fully saturated rings. The molecule has 0 bridgehead atoms. The summed E-state index contributed by atoms with van der Waals surface area (Å²) in [6.45, 7) is 0.208. The number of nitrogens with one attached hydrogen (secondary N) is 1. The van der Waals surface area contributed by atoms with Crippen molar-refractivity contribution in [2.45, 2.75) is 6.54 Å². The zero-order chi connectivity index (χ0) is 17.4. The summed E-state index contributed by atoms with van der Waals surface area (Å²) in [5.41, 5.74) is 4.21. The number of rotatable bonds is 2. The lowest BCUT2D eigenvalue weighted by Crippen LogP contribution is -2.32. The van der Waals surface area contributed by atoms with Crippen LogP contribution in [0.1, 0.15) is 5.56 Å². The molecule has 6 heteroatoms. The molecule has 0 spiro atoms. The molecule has 0 amide bonds. The summed E-state index contributed by atoms with van der Waals surface area (Å²) in [7, 11) is -3.77. The summed E-state index contributed by atoms with van der Waals surface area (Å²) in [5.74, 6) is 0.0824.